The van der Waals surface area contributed by atoms with E-state index in [0.29, 0.717) is 0 Å². The van der Waals surface area contributed by atoms with Crippen molar-refractivity contribution in [1.29, 1.82) is 0 Å². The van der Waals surface area contributed by atoms with Crippen LogP contribution in [0.15, 0.2) is 6.20 Å². The number of aliphatic carboxylic acids is 1. The van der Waals surface area contributed by atoms with E-state index in [0.717, 1.165) is 6.20 Å². The SMILES string of the molecule is Nc1ncc(C(=O)C(=O)O)[nH]1. The summed E-state index contributed by atoms with van der Waals surface area (Å²) in [7, 11) is 0. The zero-order valence-electron chi connectivity index (χ0n) is 5.37. The van der Waals surface area contributed by atoms with Crippen molar-refractivity contribution in [3.63, 3.8) is 0 Å². The van der Waals surface area contributed by atoms with Gasteiger partial charge in [0.15, 0.2) is 5.95 Å². The van der Waals surface area contributed by atoms with Crippen molar-refractivity contribution in [2.45, 2.75) is 0 Å². The molecule has 0 unspecified atom stereocenters. The van der Waals surface area contributed by atoms with Crippen LogP contribution in [0.4, 0.5) is 5.95 Å². The van der Waals surface area contributed by atoms with Crippen molar-refractivity contribution in [2.24, 2.45) is 0 Å². The molecular formula is C5H5N3O3. The Morgan fingerprint density at radius 2 is 2.27 bits per heavy atom. The number of hydrogen-bond acceptors (Lipinski definition) is 4. The van der Waals surface area contributed by atoms with Gasteiger partial charge in [-0.2, -0.15) is 0 Å². The number of anilines is 1. The van der Waals surface area contributed by atoms with E-state index in [1.807, 2.05) is 0 Å². The predicted octanol–water partition coefficient (Wildman–Crippen LogP) is -0.741. The van der Waals surface area contributed by atoms with E-state index in [-0.39, 0.29) is 11.6 Å². The fourth-order valence-corrected chi connectivity index (χ4v) is 0.567. The number of H-pyrrole nitrogens is 1. The molecular weight excluding hydrogens is 150 g/mol. The third-order valence-electron chi connectivity index (χ3n) is 1.03. The van der Waals surface area contributed by atoms with E-state index in [9.17, 15) is 9.59 Å². The van der Waals surface area contributed by atoms with Crippen LogP contribution in [0.3, 0.4) is 0 Å². The quantitative estimate of drug-likeness (QED) is 0.385. The lowest BCUT2D eigenvalue weighted by Gasteiger charge is -1.86. The third-order valence-corrected chi connectivity index (χ3v) is 1.03. The molecule has 1 heterocycles. The van der Waals surface area contributed by atoms with E-state index < -0.39 is 11.8 Å². The monoisotopic (exact) mass is 155 g/mol. The Morgan fingerprint density at radius 1 is 1.64 bits per heavy atom. The maximum atomic E-state index is 10.6. The van der Waals surface area contributed by atoms with Crippen molar-refractivity contribution in [2.75, 3.05) is 5.73 Å². The summed E-state index contributed by atoms with van der Waals surface area (Å²) < 4.78 is 0. The van der Waals surface area contributed by atoms with Crippen LogP contribution in [-0.2, 0) is 4.79 Å². The lowest BCUT2D eigenvalue weighted by Crippen LogP contribution is -2.12. The predicted molar refractivity (Wildman–Crippen MR) is 35.0 cm³/mol. The molecule has 0 aliphatic heterocycles. The van der Waals surface area contributed by atoms with E-state index in [1.54, 1.807) is 0 Å². The fourth-order valence-electron chi connectivity index (χ4n) is 0.567. The number of carboxylic acids is 1. The van der Waals surface area contributed by atoms with Crippen LogP contribution in [0.1, 0.15) is 10.5 Å². The first kappa shape index (κ1) is 7.26. The highest BCUT2D eigenvalue weighted by Gasteiger charge is 2.16. The van der Waals surface area contributed by atoms with E-state index >= 15 is 0 Å². The molecule has 1 aromatic heterocycles. The molecule has 0 aliphatic rings. The summed E-state index contributed by atoms with van der Waals surface area (Å²) in [4.78, 5) is 26.5. The number of nitrogens with two attached hydrogens (primary N) is 1. The highest BCUT2D eigenvalue weighted by Crippen LogP contribution is 1.98. The lowest BCUT2D eigenvalue weighted by molar-refractivity contribution is -0.131. The molecule has 1 aromatic rings. The molecule has 0 radical (unpaired) electrons. The number of ketones is 1. The molecule has 0 atom stereocenters. The maximum Gasteiger partial charge on any atom is 0.378 e. The minimum Gasteiger partial charge on any atom is -0.475 e. The summed E-state index contributed by atoms with van der Waals surface area (Å²) in [6.45, 7) is 0. The summed E-state index contributed by atoms with van der Waals surface area (Å²) >= 11 is 0. The minimum absolute atomic E-state index is 0.0228. The van der Waals surface area contributed by atoms with Gasteiger partial charge in [0.25, 0.3) is 5.78 Å². The number of carboxylic acid groups (broad SMARTS) is 1. The normalized spacial score (nSPS) is 9.45. The average Bonchev–Trinajstić information content (AvgIpc) is 2.34. The molecule has 4 N–H and O–H groups in total. The largest absolute Gasteiger partial charge is 0.475 e. The van der Waals surface area contributed by atoms with Crippen LogP contribution in [0.2, 0.25) is 0 Å². The Kier molecular flexibility index (Phi) is 1.59. The zero-order chi connectivity index (χ0) is 8.43. The van der Waals surface area contributed by atoms with Gasteiger partial charge in [-0.05, 0) is 0 Å². The number of imidazole rings is 1. The topological polar surface area (TPSA) is 109 Å². The Bertz CT molecular complexity index is 304. The van der Waals surface area contributed by atoms with Gasteiger partial charge in [-0.3, -0.25) is 4.79 Å². The van der Waals surface area contributed by atoms with Gasteiger partial charge < -0.3 is 15.8 Å². The van der Waals surface area contributed by atoms with Crippen LogP contribution >= 0.6 is 0 Å². The highest BCUT2D eigenvalue weighted by atomic mass is 16.4. The fraction of sp³-hybridized carbons (Fsp3) is 0. The number of rotatable bonds is 2. The smallest absolute Gasteiger partial charge is 0.378 e. The van der Waals surface area contributed by atoms with Crippen molar-refractivity contribution in [1.82, 2.24) is 9.97 Å². The van der Waals surface area contributed by atoms with Crippen molar-refractivity contribution in [3.05, 3.63) is 11.9 Å². The molecule has 58 valence electrons. The highest BCUT2D eigenvalue weighted by molar-refractivity contribution is 6.39. The lowest BCUT2D eigenvalue weighted by atomic mass is 10.3. The van der Waals surface area contributed by atoms with Crippen LogP contribution in [0, 0.1) is 0 Å². The number of nitrogen functional groups attached to an aromatic ring is 1. The van der Waals surface area contributed by atoms with Gasteiger partial charge in [0.05, 0.1) is 6.20 Å². The molecule has 11 heavy (non-hydrogen) atoms. The maximum absolute atomic E-state index is 10.6. The average molecular weight is 155 g/mol. The molecule has 0 spiro atoms. The van der Waals surface area contributed by atoms with Gasteiger partial charge in [0.1, 0.15) is 5.69 Å². The van der Waals surface area contributed by atoms with Gasteiger partial charge in [-0.15, -0.1) is 0 Å². The molecule has 0 saturated heterocycles. The van der Waals surface area contributed by atoms with E-state index in [4.69, 9.17) is 10.8 Å². The van der Waals surface area contributed by atoms with Crippen molar-refractivity contribution >= 4 is 17.7 Å². The van der Waals surface area contributed by atoms with Crippen LogP contribution in [0.25, 0.3) is 0 Å². The van der Waals surface area contributed by atoms with Gasteiger partial charge in [0, 0.05) is 0 Å². The van der Waals surface area contributed by atoms with E-state index in [2.05, 4.69) is 9.97 Å². The van der Waals surface area contributed by atoms with Gasteiger partial charge >= 0.3 is 5.97 Å². The molecule has 6 nitrogen and oxygen atoms in total. The second-order valence-electron chi connectivity index (χ2n) is 1.82. The third kappa shape index (κ3) is 1.34. The number of nitrogens with zero attached hydrogens (tertiary/aromatic N) is 1. The van der Waals surface area contributed by atoms with Gasteiger partial charge in [-0.25, -0.2) is 9.78 Å². The number of aromatic amines is 1. The van der Waals surface area contributed by atoms with Crippen LogP contribution in [-0.4, -0.2) is 26.8 Å². The zero-order valence-corrected chi connectivity index (χ0v) is 5.37. The van der Waals surface area contributed by atoms with Crippen LogP contribution < -0.4 is 5.73 Å². The molecule has 6 heteroatoms. The van der Waals surface area contributed by atoms with Crippen LogP contribution in [0.5, 0.6) is 0 Å². The first-order valence-electron chi connectivity index (χ1n) is 2.69. The second-order valence-corrected chi connectivity index (χ2v) is 1.82. The molecule has 0 bridgehead atoms. The van der Waals surface area contributed by atoms with Gasteiger partial charge in [-0.1, -0.05) is 0 Å². The molecule has 0 amide bonds. The molecule has 1 rings (SSSR count). The standard InChI is InChI=1S/C5H5N3O3/c6-5-7-1-2(8-5)3(9)4(10)11/h1H,(H,10,11)(H3,6,7,8). The number of hydrogen-bond donors (Lipinski definition) is 3. The Balaban J connectivity index is 2.94. The Morgan fingerprint density at radius 3 is 2.64 bits per heavy atom. The summed E-state index contributed by atoms with van der Waals surface area (Å²) in [5.41, 5.74) is 4.99. The molecule has 0 aliphatic carbocycles. The summed E-state index contributed by atoms with van der Waals surface area (Å²) in [5, 5.41) is 8.21. The first-order chi connectivity index (χ1) is 5.11. The number of nitrogens with one attached hydrogen (secondary N) is 1. The number of aromatic nitrogens is 2. The minimum atomic E-state index is -1.53. The summed E-state index contributed by atoms with van der Waals surface area (Å²) in [6, 6.07) is 0. The van der Waals surface area contributed by atoms with E-state index in [1.165, 1.54) is 0 Å². The number of carbonyl (C=O) groups excluding carboxylic acids is 1. The summed E-state index contributed by atoms with van der Waals surface area (Å²) in [5.74, 6) is -2.56. The number of Topliss-reactive ketones (excluding diaryl/α,β-unsaturated/α-hetero) is 1. The summed E-state index contributed by atoms with van der Waals surface area (Å²) in [6.07, 6.45) is 1.08. The van der Waals surface area contributed by atoms with Crippen molar-refractivity contribution in [3.8, 4) is 0 Å². The van der Waals surface area contributed by atoms with Gasteiger partial charge in [0.2, 0.25) is 0 Å². The molecule has 0 saturated carbocycles. The molecule has 0 aromatic carbocycles. The molecule has 0 fully saturated rings. The number of carbonyl (C=O) groups is 2. The Hall–Kier alpha value is -1.85. The van der Waals surface area contributed by atoms with Crippen molar-refractivity contribution < 1.29 is 14.7 Å². The second kappa shape index (κ2) is 2.41. The first-order valence-corrected chi connectivity index (χ1v) is 2.69. The Labute approximate surface area is 61.0 Å².